The summed E-state index contributed by atoms with van der Waals surface area (Å²) in [6.07, 6.45) is 1.70. The Kier molecular flexibility index (Phi) is 7.77. The quantitative estimate of drug-likeness (QED) is 0.535. The average molecular weight is 458 g/mol. The predicted molar refractivity (Wildman–Crippen MR) is 129 cm³/mol. The molecule has 2 aromatic rings. The Labute approximate surface area is 192 Å². The standard InChI is InChI=1S/C25H35N3O3S/c1-6-11-31-23-13-19(12-20(14-23)18-28(5)22-16-26-17-22)15-27-32(29,30)24-9-7-21(8-10-24)25(2,3)4/h6-10,12-14,22,26-27H,1,11,15-18H2,2-5H3. The van der Waals surface area contributed by atoms with Crippen molar-refractivity contribution in [2.45, 2.75) is 50.2 Å². The van der Waals surface area contributed by atoms with Crippen LogP contribution in [0, 0.1) is 0 Å². The Morgan fingerprint density at radius 3 is 2.38 bits per heavy atom. The van der Waals surface area contributed by atoms with Crippen LogP contribution in [0.1, 0.15) is 37.5 Å². The van der Waals surface area contributed by atoms with E-state index in [0.717, 1.165) is 36.3 Å². The molecule has 1 saturated heterocycles. The fraction of sp³-hybridized carbons (Fsp3) is 0.440. The molecule has 0 spiro atoms. The van der Waals surface area contributed by atoms with Gasteiger partial charge in [0.2, 0.25) is 10.0 Å². The number of rotatable bonds is 10. The molecule has 0 radical (unpaired) electrons. The Hall–Kier alpha value is -2.19. The van der Waals surface area contributed by atoms with E-state index in [4.69, 9.17) is 4.74 Å². The number of benzene rings is 2. The van der Waals surface area contributed by atoms with Crippen LogP contribution in [0.4, 0.5) is 0 Å². The number of nitrogens with zero attached hydrogens (tertiary/aromatic N) is 1. The van der Waals surface area contributed by atoms with Crippen LogP contribution in [-0.2, 0) is 28.5 Å². The molecule has 7 heteroatoms. The van der Waals surface area contributed by atoms with Crippen molar-refractivity contribution in [3.8, 4) is 5.75 Å². The van der Waals surface area contributed by atoms with Crippen LogP contribution < -0.4 is 14.8 Å². The van der Waals surface area contributed by atoms with E-state index in [2.05, 4.69) is 49.3 Å². The van der Waals surface area contributed by atoms with Crippen LogP contribution in [0.3, 0.4) is 0 Å². The first-order valence-corrected chi connectivity index (χ1v) is 12.4. The molecule has 0 atom stereocenters. The minimum atomic E-state index is -3.62. The molecule has 6 nitrogen and oxygen atoms in total. The molecule has 3 rings (SSSR count). The number of nitrogens with one attached hydrogen (secondary N) is 2. The van der Waals surface area contributed by atoms with Crippen molar-refractivity contribution in [1.82, 2.24) is 14.9 Å². The Balaban J connectivity index is 1.74. The summed E-state index contributed by atoms with van der Waals surface area (Å²) in [5, 5.41) is 3.29. The van der Waals surface area contributed by atoms with E-state index in [0.29, 0.717) is 18.4 Å². The number of sulfonamides is 1. The molecular formula is C25H35N3O3S. The van der Waals surface area contributed by atoms with Crippen LogP contribution in [0.2, 0.25) is 0 Å². The van der Waals surface area contributed by atoms with E-state index >= 15 is 0 Å². The zero-order valence-corrected chi connectivity index (χ0v) is 20.3. The van der Waals surface area contributed by atoms with Crippen molar-refractivity contribution < 1.29 is 13.2 Å². The van der Waals surface area contributed by atoms with Gasteiger partial charge in [0.05, 0.1) is 4.90 Å². The van der Waals surface area contributed by atoms with Crippen LogP contribution in [-0.4, -0.2) is 46.1 Å². The van der Waals surface area contributed by atoms with Crippen molar-refractivity contribution in [1.29, 1.82) is 0 Å². The van der Waals surface area contributed by atoms with Crippen molar-refractivity contribution in [2.75, 3.05) is 26.7 Å². The molecule has 1 aliphatic rings. The first-order chi connectivity index (χ1) is 15.1. The second kappa shape index (κ2) is 10.2. The van der Waals surface area contributed by atoms with Crippen LogP contribution in [0.25, 0.3) is 0 Å². The molecule has 0 unspecified atom stereocenters. The fourth-order valence-corrected chi connectivity index (χ4v) is 4.58. The van der Waals surface area contributed by atoms with E-state index in [1.807, 2.05) is 30.3 Å². The molecule has 0 bridgehead atoms. The molecule has 1 heterocycles. The molecule has 0 saturated carbocycles. The molecule has 0 aromatic heterocycles. The third-order valence-electron chi connectivity index (χ3n) is 5.71. The SMILES string of the molecule is C=CCOc1cc(CNS(=O)(=O)c2ccc(C(C)(C)C)cc2)cc(CN(C)C2CNC2)c1. The monoisotopic (exact) mass is 457 g/mol. The van der Waals surface area contributed by atoms with Gasteiger partial charge in [-0.15, -0.1) is 0 Å². The third kappa shape index (κ3) is 6.42. The topological polar surface area (TPSA) is 70.7 Å². The lowest BCUT2D eigenvalue weighted by Gasteiger charge is -2.35. The zero-order valence-electron chi connectivity index (χ0n) is 19.5. The van der Waals surface area contributed by atoms with Crippen molar-refractivity contribution in [3.63, 3.8) is 0 Å². The van der Waals surface area contributed by atoms with E-state index < -0.39 is 10.0 Å². The Morgan fingerprint density at radius 2 is 1.81 bits per heavy atom. The van der Waals surface area contributed by atoms with Gasteiger partial charge in [0.25, 0.3) is 0 Å². The molecule has 174 valence electrons. The highest BCUT2D eigenvalue weighted by Crippen LogP contribution is 2.24. The van der Waals surface area contributed by atoms with E-state index in [1.54, 1.807) is 18.2 Å². The van der Waals surface area contributed by atoms with Crippen molar-refractivity contribution in [3.05, 3.63) is 71.8 Å². The molecule has 2 N–H and O–H groups in total. The van der Waals surface area contributed by atoms with Gasteiger partial charge in [-0.25, -0.2) is 13.1 Å². The van der Waals surface area contributed by atoms with Crippen LogP contribution in [0.15, 0.2) is 60.0 Å². The zero-order chi connectivity index (χ0) is 23.4. The molecule has 2 aromatic carbocycles. The van der Waals surface area contributed by atoms with E-state index in [-0.39, 0.29) is 16.9 Å². The summed E-state index contributed by atoms with van der Waals surface area (Å²) < 4.78 is 34.2. The summed E-state index contributed by atoms with van der Waals surface area (Å²) in [4.78, 5) is 2.57. The Morgan fingerprint density at radius 1 is 1.16 bits per heavy atom. The number of ether oxygens (including phenoxy) is 1. The summed E-state index contributed by atoms with van der Waals surface area (Å²) >= 11 is 0. The molecule has 0 amide bonds. The maximum Gasteiger partial charge on any atom is 0.240 e. The highest BCUT2D eigenvalue weighted by atomic mass is 32.2. The van der Waals surface area contributed by atoms with Crippen molar-refractivity contribution in [2.24, 2.45) is 0 Å². The number of hydrogen-bond acceptors (Lipinski definition) is 5. The smallest absolute Gasteiger partial charge is 0.240 e. The van der Waals surface area contributed by atoms with Gasteiger partial charge in [-0.05, 0) is 53.4 Å². The molecule has 0 aliphatic carbocycles. The first kappa shape index (κ1) is 24.5. The summed E-state index contributed by atoms with van der Waals surface area (Å²) in [6.45, 7) is 13.4. The maximum atomic E-state index is 12.9. The molecule has 32 heavy (non-hydrogen) atoms. The van der Waals surface area contributed by atoms with Gasteiger partial charge >= 0.3 is 0 Å². The van der Waals surface area contributed by atoms with Gasteiger partial charge in [-0.2, -0.15) is 0 Å². The van der Waals surface area contributed by atoms with Crippen LogP contribution in [0.5, 0.6) is 5.75 Å². The van der Waals surface area contributed by atoms with Gasteiger partial charge in [0, 0.05) is 32.2 Å². The number of hydrogen-bond donors (Lipinski definition) is 2. The summed E-state index contributed by atoms with van der Waals surface area (Å²) in [6, 6.07) is 13.5. The highest BCUT2D eigenvalue weighted by molar-refractivity contribution is 7.89. The van der Waals surface area contributed by atoms with Crippen LogP contribution >= 0.6 is 0 Å². The highest BCUT2D eigenvalue weighted by Gasteiger charge is 2.22. The lowest BCUT2D eigenvalue weighted by Crippen LogP contribution is -2.55. The van der Waals surface area contributed by atoms with Gasteiger partial charge in [-0.1, -0.05) is 51.6 Å². The maximum absolute atomic E-state index is 12.9. The lowest BCUT2D eigenvalue weighted by molar-refractivity contribution is 0.173. The molecule has 1 fully saturated rings. The largest absolute Gasteiger partial charge is 0.490 e. The predicted octanol–water partition coefficient (Wildman–Crippen LogP) is 3.43. The minimum Gasteiger partial charge on any atom is -0.490 e. The average Bonchev–Trinajstić information content (AvgIpc) is 2.69. The minimum absolute atomic E-state index is 0.0271. The van der Waals surface area contributed by atoms with Crippen molar-refractivity contribution >= 4 is 10.0 Å². The van der Waals surface area contributed by atoms with Gasteiger partial charge in [-0.3, -0.25) is 4.90 Å². The van der Waals surface area contributed by atoms with Gasteiger partial charge in [0.1, 0.15) is 12.4 Å². The molecular weight excluding hydrogens is 422 g/mol. The fourth-order valence-electron chi connectivity index (χ4n) is 3.56. The summed E-state index contributed by atoms with van der Waals surface area (Å²) in [5.41, 5.74) is 3.01. The first-order valence-electron chi connectivity index (χ1n) is 11.0. The number of likely N-dealkylation sites (N-methyl/N-ethyl adjacent to an activating group) is 1. The molecule has 1 aliphatic heterocycles. The third-order valence-corrected chi connectivity index (χ3v) is 7.12. The lowest BCUT2D eigenvalue weighted by atomic mass is 9.87. The second-order valence-electron chi connectivity index (χ2n) is 9.41. The van der Waals surface area contributed by atoms with E-state index in [9.17, 15) is 8.42 Å². The van der Waals surface area contributed by atoms with Gasteiger partial charge in [0.15, 0.2) is 0 Å². The normalized spacial score (nSPS) is 14.9. The second-order valence-corrected chi connectivity index (χ2v) is 11.2. The summed E-state index contributed by atoms with van der Waals surface area (Å²) in [7, 11) is -1.52. The van der Waals surface area contributed by atoms with E-state index in [1.165, 1.54) is 0 Å². The Bertz CT molecular complexity index is 1020. The summed E-state index contributed by atoms with van der Waals surface area (Å²) in [5.74, 6) is 0.714. The van der Waals surface area contributed by atoms with Gasteiger partial charge < -0.3 is 10.1 Å².